The van der Waals surface area contributed by atoms with E-state index in [0.29, 0.717) is 17.4 Å². The van der Waals surface area contributed by atoms with Crippen molar-refractivity contribution in [2.75, 3.05) is 18.6 Å². The first-order chi connectivity index (χ1) is 9.17. The number of hydrogen-bond acceptors (Lipinski definition) is 5. The number of rotatable bonds is 4. The topological polar surface area (TPSA) is 42.4 Å². The van der Waals surface area contributed by atoms with E-state index in [1.807, 2.05) is 6.92 Å². The predicted molar refractivity (Wildman–Crippen MR) is 72.5 cm³/mol. The summed E-state index contributed by atoms with van der Waals surface area (Å²) in [5.41, 5.74) is 0.674. The molecule has 0 amide bonds. The summed E-state index contributed by atoms with van der Waals surface area (Å²) in [7, 11) is 1.30. The lowest BCUT2D eigenvalue weighted by Gasteiger charge is -2.20. The third-order valence-electron chi connectivity index (χ3n) is 2.58. The molecule has 0 bridgehead atoms. The van der Waals surface area contributed by atoms with Crippen LogP contribution in [0.5, 0.6) is 0 Å². The number of carbonyl (C=O) groups is 1. The van der Waals surface area contributed by atoms with Crippen molar-refractivity contribution in [1.29, 1.82) is 0 Å². The van der Waals surface area contributed by atoms with Gasteiger partial charge in [0.1, 0.15) is 5.82 Å². The summed E-state index contributed by atoms with van der Waals surface area (Å²) in [6, 6.07) is 6.47. The van der Waals surface area contributed by atoms with Gasteiger partial charge in [-0.05, 0) is 19.1 Å². The monoisotopic (exact) mass is 280 g/mol. The van der Waals surface area contributed by atoms with E-state index in [-0.39, 0.29) is 11.5 Å². The van der Waals surface area contributed by atoms with Gasteiger partial charge in [-0.3, -0.25) is 0 Å². The molecule has 2 aromatic rings. The Labute approximate surface area is 114 Å². The number of benzene rings is 1. The minimum Gasteiger partial charge on any atom is -0.464 e. The van der Waals surface area contributed by atoms with E-state index < -0.39 is 5.97 Å². The van der Waals surface area contributed by atoms with E-state index in [4.69, 9.17) is 0 Å². The molecule has 4 nitrogen and oxygen atoms in total. The lowest BCUT2D eigenvalue weighted by Crippen LogP contribution is -2.17. The summed E-state index contributed by atoms with van der Waals surface area (Å²) in [5.74, 6) is -0.814. The number of aromatic nitrogens is 1. The van der Waals surface area contributed by atoms with Crippen LogP contribution in [-0.2, 0) is 4.74 Å². The Morgan fingerprint density at radius 3 is 2.84 bits per heavy atom. The first-order valence-corrected chi connectivity index (χ1v) is 6.61. The van der Waals surface area contributed by atoms with Crippen LogP contribution in [0.4, 0.5) is 15.2 Å². The highest BCUT2D eigenvalue weighted by molar-refractivity contribution is 7.14. The fraction of sp³-hybridized carbons (Fsp3) is 0.231. The van der Waals surface area contributed by atoms with Crippen molar-refractivity contribution >= 4 is 28.1 Å². The van der Waals surface area contributed by atoms with Crippen molar-refractivity contribution in [3.8, 4) is 0 Å². The highest BCUT2D eigenvalue weighted by atomic mass is 32.1. The number of carbonyl (C=O) groups excluding carboxylic acids is 1. The predicted octanol–water partition coefficient (Wildman–Crippen LogP) is 3.23. The van der Waals surface area contributed by atoms with E-state index in [2.05, 4.69) is 9.72 Å². The zero-order valence-electron chi connectivity index (χ0n) is 10.6. The molecule has 6 heteroatoms. The summed E-state index contributed by atoms with van der Waals surface area (Å²) in [6.07, 6.45) is 0. The number of methoxy groups -OCH3 is 1. The average molecular weight is 280 g/mol. The van der Waals surface area contributed by atoms with E-state index in [0.717, 1.165) is 0 Å². The van der Waals surface area contributed by atoms with Crippen LogP contribution in [0.2, 0.25) is 0 Å². The Balaban J connectivity index is 2.35. The van der Waals surface area contributed by atoms with Gasteiger partial charge in [0.15, 0.2) is 10.8 Å². The number of para-hydroxylation sites is 1. The van der Waals surface area contributed by atoms with Crippen LogP contribution < -0.4 is 4.90 Å². The first-order valence-electron chi connectivity index (χ1n) is 5.73. The lowest BCUT2D eigenvalue weighted by molar-refractivity contribution is 0.0595. The van der Waals surface area contributed by atoms with Crippen molar-refractivity contribution in [1.82, 2.24) is 4.98 Å². The average Bonchev–Trinajstić information content (AvgIpc) is 2.90. The van der Waals surface area contributed by atoms with Gasteiger partial charge >= 0.3 is 5.97 Å². The van der Waals surface area contributed by atoms with Crippen LogP contribution in [0, 0.1) is 5.82 Å². The maximum absolute atomic E-state index is 13.8. The van der Waals surface area contributed by atoms with E-state index in [9.17, 15) is 9.18 Å². The van der Waals surface area contributed by atoms with Crippen molar-refractivity contribution in [3.63, 3.8) is 0 Å². The molecule has 0 aliphatic heterocycles. The number of esters is 1. The molecular formula is C13H13FN2O2S. The van der Waals surface area contributed by atoms with Gasteiger partial charge in [-0.1, -0.05) is 12.1 Å². The number of nitrogens with zero attached hydrogens (tertiary/aromatic N) is 2. The molecule has 1 heterocycles. The quantitative estimate of drug-likeness (QED) is 0.806. The number of anilines is 2. The summed E-state index contributed by atoms with van der Waals surface area (Å²) in [6.45, 7) is 2.45. The van der Waals surface area contributed by atoms with E-state index in [1.165, 1.54) is 24.5 Å². The van der Waals surface area contributed by atoms with Crippen molar-refractivity contribution in [2.45, 2.75) is 6.92 Å². The molecule has 0 spiro atoms. The van der Waals surface area contributed by atoms with Gasteiger partial charge in [-0.25, -0.2) is 14.2 Å². The van der Waals surface area contributed by atoms with Gasteiger partial charge in [-0.15, -0.1) is 11.3 Å². The van der Waals surface area contributed by atoms with Gasteiger partial charge in [0.25, 0.3) is 0 Å². The molecule has 0 aliphatic carbocycles. The molecule has 19 heavy (non-hydrogen) atoms. The highest BCUT2D eigenvalue weighted by Crippen LogP contribution is 2.30. The smallest absolute Gasteiger partial charge is 0.357 e. The van der Waals surface area contributed by atoms with Crippen LogP contribution in [0.1, 0.15) is 17.4 Å². The fourth-order valence-corrected chi connectivity index (χ4v) is 2.54. The zero-order valence-corrected chi connectivity index (χ0v) is 11.4. The molecule has 0 saturated carbocycles. The van der Waals surface area contributed by atoms with Gasteiger partial charge in [-0.2, -0.15) is 0 Å². The van der Waals surface area contributed by atoms with Crippen LogP contribution in [0.15, 0.2) is 29.6 Å². The third-order valence-corrected chi connectivity index (χ3v) is 3.44. The maximum Gasteiger partial charge on any atom is 0.357 e. The molecular weight excluding hydrogens is 267 g/mol. The Kier molecular flexibility index (Phi) is 4.11. The number of ether oxygens (including phenoxy) is 1. The number of hydrogen-bond donors (Lipinski definition) is 0. The standard InChI is InChI=1S/C13H13FN2O2S/c1-3-16(11-7-5-4-6-9(11)14)13-15-10(8-19-13)12(17)18-2/h4-8H,3H2,1-2H3. The minimum absolute atomic E-state index is 0.234. The van der Waals surface area contributed by atoms with Crippen LogP contribution >= 0.6 is 11.3 Å². The molecule has 0 aliphatic rings. The fourth-order valence-electron chi connectivity index (χ4n) is 1.67. The summed E-state index contributed by atoms with van der Waals surface area (Å²) >= 11 is 1.28. The molecule has 0 fully saturated rings. The van der Waals surface area contributed by atoms with Crippen LogP contribution in [0.3, 0.4) is 0 Å². The second-order valence-corrected chi connectivity index (χ2v) is 4.54. The Morgan fingerprint density at radius 1 is 1.47 bits per heavy atom. The molecule has 100 valence electrons. The highest BCUT2D eigenvalue weighted by Gasteiger charge is 2.17. The normalized spacial score (nSPS) is 10.3. The Bertz CT molecular complexity index is 586. The van der Waals surface area contributed by atoms with Gasteiger partial charge in [0.2, 0.25) is 0 Å². The molecule has 0 radical (unpaired) electrons. The van der Waals surface area contributed by atoms with Gasteiger partial charge < -0.3 is 9.64 Å². The summed E-state index contributed by atoms with van der Waals surface area (Å²) in [5, 5.41) is 2.16. The van der Waals surface area contributed by atoms with Gasteiger partial charge in [0, 0.05) is 11.9 Å². The molecule has 1 aromatic heterocycles. The van der Waals surface area contributed by atoms with Crippen molar-refractivity contribution in [2.24, 2.45) is 0 Å². The summed E-state index contributed by atoms with van der Waals surface area (Å²) < 4.78 is 18.4. The van der Waals surface area contributed by atoms with E-state index in [1.54, 1.807) is 28.5 Å². The zero-order chi connectivity index (χ0) is 13.8. The van der Waals surface area contributed by atoms with Gasteiger partial charge in [0.05, 0.1) is 12.8 Å². The second kappa shape index (κ2) is 5.79. The largest absolute Gasteiger partial charge is 0.464 e. The molecule has 2 rings (SSSR count). The minimum atomic E-state index is -0.493. The maximum atomic E-state index is 13.8. The third kappa shape index (κ3) is 2.73. The van der Waals surface area contributed by atoms with Crippen molar-refractivity contribution in [3.05, 3.63) is 41.2 Å². The lowest BCUT2D eigenvalue weighted by atomic mass is 10.3. The molecule has 0 saturated heterocycles. The Hall–Kier alpha value is -1.95. The van der Waals surface area contributed by atoms with Crippen LogP contribution in [-0.4, -0.2) is 24.6 Å². The van der Waals surface area contributed by atoms with Crippen molar-refractivity contribution < 1.29 is 13.9 Å². The number of halogens is 1. The summed E-state index contributed by atoms with van der Waals surface area (Å²) in [4.78, 5) is 17.3. The first kappa shape index (κ1) is 13.5. The van der Waals surface area contributed by atoms with E-state index >= 15 is 0 Å². The molecule has 0 atom stereocenters. The Morgan fingerprint density at radius 2 is 2.21 bits per heavy atom. The molecule has 1 aromatic carbocycles. The SMILES string of the molecule is CCN(c1nc(C(=O)OC)cs1)c1ccccc1F. The second-order valence-electron chi connectivity index (χ2n) is 3.70. The molecule has 0 N–H and O–H groups in total. The van der Waals surface area contributed by atoms with Crippen LogP contribution in [0.25, 0.3) is 0 Å². The molecule has 0 unspecified atom stereocenters. The number of thiazole rings is 1.